The van der Waals surface area contributed by atoms with E-state index in [1.54, 1.807) is 14.0 Å². The van der Waals surface area contributed by atoms with Crippen LogP contribution in [0.25, 0.3) is 0 Å². The van der Waals surface area contributed by atoms with Crippen molar-refractivity contribution < 1.29 is 19.1 Å². The fourth-order valence-corrected chi connectivity index (χ4v) is 2.84. The fourth-order valence-electron chi connectivity index (χ4n) is 2.84. The third kappa shape index (κ3) is 4.02. The zero-order valence-electron chi connectivity index (χ0n) is 14.2. The standard InChI is InChI=1S/C20H22O4/c1-4-24-20(22)18(14(2)21)19(15-9-6-5-7-10-15)16-11-8-12-17(13-16)23-3/h5-13,18-19H,4H2,1-3H3. The summed E-state index contributed by atoms with van der Waals surface area (Å²) in [6.45, 7) is 3.40. The van der Waals surface area contributed by atoms with Crippen LogP contribution in [0.15, 0.2) is 54.6 Å². The molecule has 0 fully saturated rings. The van der Waals surface area contributed by atoms with Crippen LogP contribution in [0, 0.1) is 5.92 Å². The van der Waals surface area contributed by atoms with Gasteiger partial charge in [0.1, 0.15) is 17.5 Å². The average Bonchev–Trinajstić information content (AvgIpc) is 2.60. The largest absolute Gasteiger partial charge is 0.497 e. The number of carbonyl (C=O) groups is 2. The third-order valence-electron chi connectivity index (χ3n) is 3.92. The van der Waals surface area contributed by atoms with Gasteiger partial charge < -0.3 is 9.47 Å². The van der Waals surface area contributed by atoms with E-state index in [-0.39, 0.29) is 12.4 Å². The molecule has 0 amide bonds. The summed E-state index contributed by atoms with van der Waals surface area (Å²) in [5.41, 5.74) is 1.73. The van der Waals surface area contributed by atoms with Gasteiger partial charge in [0.2, 0.25) is 0 Å². The molecule has 2 atom stereocenters. The molecule has 24 heavy (non-hydrogen) atoms. The number of Topliss-reactive ketones (excluding diaryl/α,β-unsaturated/α-hetero) is 1. The normalized spacial score (nSPS) is 13.0. The second-order valence-electron chi connectivity index (χ2n) is 5.51. The summed E-state index contributed by atoms with van der Waals surface area (Å²) in [5.74, 6) is -1.34. The predicted molar refractivity (Wildman–Crippen MR) is 92.1 cm³/mol. The first-order valence-corrected chi connectivity index (χ1v) is 7.94. The molecule has 0 radical (unpaired) electrons. The van der Waals surface area contributed by atoms with Crippen LogP contribution in [-0.4, -0.2) is 25.5 Å². The van der Waals surface area contributed by atoms with Gasteiger partial charge in [-0.05, 0) is 37.1 Å². The Hall–Kier alpha value is -2.62. The molecular weight excluding hydrogens is 304 g/mol. The SMILES string of the molecule is CCOC(=O)C(C(C)=O)C(c1ccccc1)c1cccc(OC)c1. The number of ketones is 1. The third-order valence-corrected chi connectivity index (χ3v) is 3.92. The summed E-state index contributed by atoms with van der Waals surface area (Å²) in [7, 11) is 1.59. The van der Waals surface area contributed by atoms with Crippen LogP contribution in [0.4, 0.5) is 0 Å². The second-order valence-corrected chi connectivity index (χ2v) is 5.51. The van der Waals surface area contributed by atoms with Crippen LogP contribution < -0.4 is 4.74 Å². The van der Waals surface area contributed by atoms with E-state index in [1.165, 1.54) is 6.92 Å². The van der Waals surface area contributed by atoms with E-state index in [4.69, 9.17) is 9.47 Å². The van der Waals surface area contributed by atoms with Gasteiger partial charge in [-0.1, -0.05) is 42.5 Å². The van der Waals surface area contributed by atoms with Crippen LogP contribution in [0.5, 0.6) is 5.75 Å². The van der Waals surface area contributed by atoms with Gasteiger partial charge in [0.05, 0.1) is 13.7 Å². The lowest BCUT2D eigenvalue weighted by molar-refractivity contribution is -0.151. The lowest BCUT2D eigenvalue weighted by atomic mass is 9.78. The highest BCUT2D eigenvalue weighted by molar-refractivity contribution is 5.99. The molecule has 2 aromatic carbocycles. The minimum absolute atomic E-state index is 0.217. The van der Waals surface area contributed by atoms with Crippen molar-refractivity contribution in [1.29, 1.82) is 0 Å². The number of carbonyl (C=O) groups excluding carboxylic acids is 2. The summed E-state index contributed by atoms with van der Waals surface area (Å²) >= 11 is 0. The number of methoxy groups -OCH3 is 1. The van der Waals surface area contributed by atoms with Crippen molar-refractivity contribution in [2.75, 3.05) is 13.7 Å². The lowest BCUT2D eigenvalue weighted by Gasteiger charge is -2.25. The van der Waals surface area contributed by atoms with Crippen molar-refractivity contribution in [3.05, 3.63) is 65.7 Å². The molecule has 2 unspecified atom stereocenters. The van der Waals surface area contributed by atoms with Crippen LogP contribution in [0.2, 0.25) is 0 Å². The first-order valence-electron chi connectivity index (χ1n) is 7.94. The maximum atomic E-state index is 12.5. The van der Waals surface area contributed by atoms with E-state index in [1.807, 2.05) is 54.6 Å². The molecule has 0 spiro atoms. The van der Waals surface area contributed by atoms with E-state index in [2.05, 4.69) is 0 Å². The van der Waals surface area contributed by atoms with Gasteiger partial charge in [0.15, 0.2) is 0 Å². The highest BCUT2D eigenvalue weighted by atomic mass is 16.5. The van der Waals surface area contributed by atoms with Gasteiger partial charge in [0.25, 0.3) is 0 Å². The summed E-state index contributed by atoms with van der Waals surface area (Å²) in [5, 5.41) is 0. The van der Waals surface area contributed by atoms with Crippen LogP contribution in [0.3, 0.4) is 0 Å². The maximum Gasteiger partial charge on any atom is 0.317 e. The van der Waals surface area contributed by atoms with Crippen LogP contribution >= 0.6 is 0 Å². The highest BCUT2D eigenvalue weighted by Gasteiger charge is 2.35. The molecule has 0 bridgehead atoms. The Kier molecular flexibility index (Phi) is 6.13. The average molecular weight is 326 g/mol. The lowest BCUT2D eigenvalue weighted by Crippen LogP contribution is -2.31. The number of benzene rings is 2. The number of esters is 1. The van der Waals surface area contributed by atoms with Crippen molar-refractivity contribution >= 4 is 11.8 Å². The molecule has 0 N–H and O–H groups in total. The van der Waals surface area contributed by atoms with Crippen molar-refractivity contribution in [3.63, 3.8) is 0 Å². The Labute approximate surface area is 142 Å². The number of ether oxygens (including phenoxy) is 2. The predicted octanol–water partition coefficient (Wildman–Crippen LogP) is 3.60. The van der Waals surface area contributed by atoms with Crippen LogP contribution in [-0.2, 0) is 14.3 Å². The van der Waals surface area contributed by atoms with Crippen molar-refractivity contribution in [2.24, 2.45) is 5.92 Å². The summed E-state index contributed by atoms with van der Waals surface area (Å²) in [6.07, 6.45) is 0. The molecule has 2 aromatic rings. The minimum atomic E-state index is -0.889. The molecule has 0 aliphatic heterocycles. The zero-order valence-corrected chi connectivity index (χ0v) is 14.2. The number of hydrogen-bond donors (Lipinski definition) is 0. The van der Waals surface area contributed by atoms with Gasteiger partial charge in [-0.25, -0.2) is 0 Å². The summed E-state index contributed by atoms with van der Waals surface area (Å²) in [4.78, 5) is 24.7. The molecule has 4 nitrogen and oxygen atoms in total. The minimum Gasteiger partial charge on any atom is -0.497 e. The topological polar surface area (TPSA) is 52.6 Å². The molecule has 0 saturated carbocycles. The Bertz CT molecular complexity index is 694. The molecule has 0 saturated heterocycles. The second kappa shape index (κ2) is 8.29. The fraction of sp³-hybridized carbons (Fsp3) is 0.300. The van der Waals surface area contributed by atoms with Crippen molar-refractivity contribution in [3.8, 4) is 5.75 Å². The molecule has 2 rings (SSSR count). The Morgan fingerprint density at radius 1 is 1.00 bits per heavy atom. The van der Waals surface area contributed by atoms with E-state index in [0.717, 1.165) is 11.1 Å². The van der Waals surface area contributed by atoms with E-state index in [0.29, 0.717) is 5.75 Å². The quantitative estimate of drug-likeness (QED) is 0.576. The van der Waals surface area contributed by atoms with Crippen molar-refractivity contribution in [2.45, 2.75) is 19.8 Å². The van der Waals surface area contributed by atoms with Crippen molar-refractivity contribution in [1.82, 2.24) is 0 Å². The smallest absolute Gasteiger partial charge is 0.317 e. The molecule has 0 aromatic heterocycles. The van der Waals surface area contributed by atoms with Gasteiger partial charge in [-0.2, -0.15) is 0 Å². The van der Waals surface area contributed by atoms with Gasteiger partial charge >= 0.3 is 5.97 Å². The first-order chi connectivity index (χ1) is 11.6. The molecule has 0 aliphatic carbocycles. The van der Waals surface area contributed by atoms with Gasteiger partial charge in [-0.3, -0.25) is 9.59 Å². The molecule has 4 heteroatoms. The Balaban J connectivity index is 2.57. The van der Waals surface area contributed by atoms with E-state index in [9.17, 15) is 9.59 Å². The number of rotatable bonds is 7. The van der Waals surface area contributed by atoms with Gasteiger partial charge in [-0.15, -0.1) is 0 Å². The molecule has 0 aliphatic rings. The zero-order chi connectivity index (χ0) is 17.5. The van der Waals surface area contributed by atoms with E-state index < -0.39 is 17.8 Å². The maximum absolute atomic E-state index is 12.5. The Morgan fingerprint density at radius 2 is 1.67 bits per heavy atom. The summed E-state index contributed by atoms with van der Waals surface area (Å²) < 4.78 is 10.4. The molecule has 126 valence electrons. The van der Waals surface area contributed by atoms with E-state index >= 15 is 0 Å². The van der Waals surface area contributed by atoms with Gasteiger partial charge in [0, 0.05) is 5.92 Å². The highest BCUT2D eigenvalue weighted by Crippen LogP contribution is 2.35. The monoisotopic (exact) mass is 326 g/mol. The number of hydrogen-bond acceptors (Lipinski definition) is 4. The first kappa shape index (κ1) is 17.7. The van der Waals surface area contributed by atoms with Crippen LogP contribution in [0.1, 0.15) is 30.9 Å². The molecular formula is C20H22O4. The molecule has 0 heterocycles. The Morgan fingerprint density at radius 3 is 2.25 bits per heavy atom. The summed E-state index contributed by atoms with van der Waals surface area (Å²) in [6, 6.07) is 17.0.